The lowest BCUT2D eigenvalue weighted by molar-refractivity contribution is -0.141. The number of nitrogens with one attached hydrogen (secondary N) is 1. The van der Waals surface area contributed by atoms with Crippen LogP contribution in [0.5, 0.6) is 0 Å². The summed E-state index contributed by atoms with van der Waals surface area (Å²) in [5, 5.41) is 2.87. The Morgan fingerprint density at radius 3 is 2.45 bits per heavy atom. The molecular weight excluding hydrogens is 282 g/mol. The molecule has 1 N–H and O–H groups in total. The van der Waals surface area contributed by atoms with Crippen LogP contribution in [-0.4, -0.2) is 19.0 Å². The average molecular weight is 301 g/mol. The standard InChI is InChI=1S/C17H19NO4/c1-11-9-14(12(2)22-11)17(20)18-15(10-16(19)21-3)13-7-5-4-6-8-13/h4-9,15H,10H2,1-3H3,(H,18,20)/t15-/m1/s1. The molecular formula is C17H19NO4. The van der Waals surface area contributed by atoms with E-state index in [1.807, 2.05) is 30.3 Å². The molecule has 0 saturated heterocycles. The Morgan fingerprint density at radius 1 is 1.23 bits per heavy atom. The van der Waals surface area contributed by atoms with Crippen LogP contribution in [0, 0.1) is 13.8 Å². The number of carbonyl (C=O) groups excluding carboxylic acids is 2. The quantitative estimate of drug-likeness (QED) is 0.862. The summed E-state index contributed by atoms with van der Waals surface area (Å²) in [4.78, 5) is 24.0. The molecule has 1 aromatic heterocycles. The van der Waals surface area contributed by atoms with Crippen LogP contribution in [0.25, 0.3) is 0 Å². The van der Waals surface area contributed by atoms with Crippen molar-refractivity contribution in [3.8, 4) is 0 Å². The first-order valence-electron chi connectivity index (χ1n) is 7.01. The van der Waals surface area contributed by atoms with E-state index in [9.17, 15) is 9.59 Å². The molecule has 0 bridgehead atoms. The van der Waals surface area contributed by atoms with Gasteiger partial charge < -0.3 is 14.5 Å². The zero-order valence-electron chi connectivity index (χ0n) is 12.9. The number of methoxy groups -OCH3 is 1. The van der Waals surface area contributed by atoms with Crippen LogP contribution in [0.2, 0.25) is 0 Å². The minimum atomic E-state index is -0.448. The number of hydrogen-bond acceptors (Lipinski definition) is 4. The minimum Gasteiger partial charge on any atom is -0.469 e. The second-order valence-electron chi connectivity index (χ2n) is 5.04. The van der Waals surface area contributed by atoms with Crippen molar-refractivity contribution in [3.63, 3.8) is 0 Å². The molecule has 0 unspecified atom stereocenters. The highest BCUT2D eigenvalue weighted by atomic mass is 16.5. The number of furan rings is 1. The lowest BCUT2D eigenvalue weighted by Gasteiger charge is -2.18. The summed E-state index contributed by atoms with van der Waals surface area (Å²) in [5.74, 6) is 0.577. The van der Waals surface area contributed by atoms with Crippen LogP contribution < -0.4 is 5.32 Å². The molecule has 116 valence electrons. The molecule has 1 aromatic carbocycles. The monoisotopic (exact) mass is 301 g/mol. The van der Waals surface area contributed by atoms with E-state index in [1.54, 1.807) is 19.9 Å². The summed E-state index contributed by atoms with van der Waals surface area (Å²) in [6.07, 6.45) is 0.0716. The summed E-state index contributed by atoms with van der Waals surface area (Å²) in [5.41, 5.74) is 1.32. The lowest BCUT2D eigenvalue weighted by atomic mass is 10.0. The summed E-state index contributed by atoms with van der Waals surface area (Å²) in [6, 6.07) is 10.6. The van der Waals surface area contributed by atoms with Gasteiger partial charge in [0.25, 0.3) is 5.91 Å². The van der Waals surface area contributed by atoms with Crippen LogP contribution >= 0.6 is 0 Å². The zero-order chi connectivity index (χ0) is 16.1. The first-order chi connectivity index (χ1) is 10.5. The van der Waals surface area contributed by atoms with Crippen LogP contribution in [0.3, 0.4) is 0 Å². The third-order valence-electron chi connectivity index (χ3n) is 3.39. The van der Waals surface area contributed by atoms with Gasteiger partial charge in [0, 0.05) is 0 Å². The number of amides is 1. The SMILES string of the molecule is COC(=O)C[C@@H](NC(=O)c1cc(C)oc1C)c1ccccc1. The molecule has 5 heteroatoms. The highest BCUT2D eigenvalue weighted by molar-refractivity contribution is 5.95. The fourth-order valence-corrected chi connectivity index (χ4v) is 2.28. The second-order valence-corrected chi connectivity index (χ2v) is 5.04. The Hall–Kier alpha value is -2.56. The molecule has 2 rings (SSSR count). The van der Waals surface area contributed by atoms with Gasteiger partial charge in [-0.3, -0.25) is 9.59 Å². The normalized spacial score (nSPS) is 11.8. The molecule has 2 aromatic rings. The van der Waals surface area contributed by atoms with Crippen molar-refractivity contribution in [2.75, 3.05) is 7.11 Å². The number of benzene rings is 1. The van der Waals surface area contributed by atoms with Gasteiger partial charge in [0.15, 0.2) is 0 Å². The molecule has 1 atom stereocenters. The molecule has 22 heavy (non-hydrogen) atoms. The van der Waals surface area contributed by atoms with Gasteiger partial charge in [-0.05, 0) is 25.5 Å². The van der Waals surface area contributed by atoms with E-state index >= 15 is 0 Å². The Bertz CT molecular complexity index is 661. The van der Waals surface area contributed by atoms with Gasteiger partial charge in [-0.15, -0.1) is 0 Å². The Morgan fingerprint density at radius 2 is 1.91 bits per heavy atom. The van der Waals surface area contributed by atoms with Gasteiger partial charge >= 0.3 is 5.97 Å². The van der Waals surface area contributed by atoms with E-state index < -0.39 is 6.04 Å². The Balaban J connectivity index is 2.21. The van der Waals surface area contributed by atoms with Crippen LogP contribution in [-0.2, 0) is 9.53 Å². The Kier molecular flexibility index (Phi) is 4.99. The van der Waals surface area contributed by atoms with E-state index in [0.29, 0.717) is 17.1 Å². The zero-order valence-corrected chi connectivity index (χ0v) is 12.9. The first-order valence-corrected chi connectivity index (χ1v) is 7.01. The molecule has 1 heterocycles. The fraction of sp³-hybridized carbons (Fsp3) is 0.294. The van der Waals surface area contributed by atoms with E-state index in [4.69, 9.17) is 9.15 Å². The number of rotatable bonds is 5. The Labute approximate surface area is 129 Å². The van der Waals surface area contributed by atoms with Crippen molar-refractivity contribution in [2.45, 2.75) is 26.3 Å². The molecule has 0 aliphatic heterocycles. The van der Waals surface area contributed by atoms with Crippen molar-refractivity contribution in [1.29, 1.82) is 0 Å². The lowest BCUT2D eigenvalue weighted by Crippen LogP contribution is -2.30. The van der Waals surface area contributed by atoms with Gasteiger partial charge in [0.1, 0.15) is 11.5 Å². The molecule has 1 amide bonds. The van der Waals surface area contributed by atoms with Crippen molar-refractivity contribution in [1.82, 2.24) is 5.32 Å². The van der Waals surface area contributed by atoms with Crippen molar-refractivity contribution in [2.24, 2.45) is 0 Å². The first kappa shape index (κ1) is 15.8. The fourth-order valence-electron chi connectivity index (χ4n) is 2.28. The van der Waals surface area contributed by atoms with Gasteiger partial charge in [-0.1, -0.05) is 30.3 Å². The predicted octanol–water partition coefficient (Wildman–Crippen LogP) is 2.93. The molecule has 0 saturated carbocycles. The van der Waals surface area contributed by atoms with Gasteiger partial charge in [-0.2, -0.15) is 0 Å². The summed E-state index contributed by atoms with van der Waals surface area (Å²) in [7, 11) is 1.33. The molecule has 5 nitrogen and oxygen atoms in total. The highest BCUT2D eigenvalue weighted by Crippen LogP contribution is 2.20. The molecule has 0 aliphatic rings. The smallest absolute Gasteiger partial charge is 0.307 e. The number of hydrogen-bond donors (Lipinski definition) is 1. The minimum absolute atomic E-state index is 0.0716. The maximum atomic E-state index is 12.4. The van der Waals surface area contributed by atoms with Crippen LogP contribution in [0.4, 0.5) is 0 Å². The van der Waals surface area contributed by atoms with Gasteiger partial charge in [0.2, 0.25) is 0 Å². The van der Waals surface area contributed by atoms with Crippen LogP contribution in [0.1, 0.15) is 39.9 Å². The average Bonchev–Trinajstić information content (AvgIpc) is 2.86. The second kappa shape index (κ2) is 6.93. The molecule has 0 radical (unpaired) electrons. The maximum absolute atomic E-state index is 12.4. The summed E-state index contributed by atoms with van der Waals surface area (Å²) >= 11 is 0. The largest absolute Gasteiger partial charge is 0.469 e. The number of ether oxygens (including phenoxy) is 1. The topological polar surface area (TPSA) is 68.5 Å². The molecule has 0 fully saturated rings. The van der Waals surface area contributed by atoms with E-state index in [2.05, 4.69) is 5.32 Å². The van der Waals surface area contributed by atoms with Gasteiger partial charge in [0.05, 0.1) is 25.1 Å². The van der Waals surface area contributed by atoms with E-state index in [1.165, 1.54) is 7.11 Å². The number of esters is 1. The highest BCUT2D eigenvalue weighted by Gasteiger charge is 2.21. The van der Waals surface area contributed by atoms with Crippen LogP contribution in [0.15, 0.2) is 40.8 Å². The van der Waals surface area contributed by atoms with Crippen molar-refractivity contribution < 1.29 is 18.7 Å². The van der Waals surface area contributed by atoms with E-state index in [0.717, 1.165) is 5.56 Å². The van der Waals surface area contributed by atoms with E-state index in [-0.39, 0.29) is 18.3 Å². The number of aryl methyl sites for hydroxylation is 2. The number of carbonyl (C=O) groups is 2. The predicted molar refractivity (Wildman–Crippen MR) is 81.5 cm³/mol. The third kappa shape index (κ3) is 3.75. The maximum Gasteiger partial charge on any atom is 0.307 e. The molecule has 0 aliphatic carbocycles. The van der Waals surface area contributed by atoms with Crippen molar-refractivity contribution in [3.05, 3.63) is 59.0 Å². The third-order valence-corrected chi connectivity index (χ3v) is 3.39. The van der Waals surface area contributed by atoms with Crippen molar-refractivity contribution >= 4 is 11.9 Å². The summed E-state index contributed by atoms with van der Waals surface area (Å²) in [6.45, 7) is 3.52. The summed E-state index contributed by atoms with van der Waals surface area (Å²) < 4.78 is 10.1. The van der Waals surface area contributed by atoms with Gasteiger partial charge in [-0.25, -0.2) is 0 Å². The molecule has 0 spiro atoms.